The number of amides is 1. The Labute approximate surface area is 131 Å². The first-order valence-corrected chi connectivity index (χ1v) is 7.87. The van der Waals surface area contributed by atoms with Crippen LogP contribution in [0.15, 0.2) is 18.2 Å². The lowest BCUT2D eigenvalue weighted by Crippen LogP contribution is -2.49. The van der Waals surface area contributed by atoms with Gasteiger partial charge in [-0.3, -0.25) is 9.69 Å². The molecule has 116 valence electrons. The number of hydrogen-bond donors (Lipinski definition) is 2. The minimum absolute atomic E-state index is 0.00614. The molecule has 1 aliphatic heterocycles. The molecule has 5 heteroatoms. The molecule has 4 nitrogen and oxygen atoms in total. The maximum Gasteiger partial charge on any atom is 0.238 e. The zero-order chi connectivity index (χ0) is 15.4. The number of nitrogens with two attached hydrogens (primary N) is 1. The molecule has 2 unspecified atom stereocenters. The van der Waals surface area contributed by atoms with Gasteiger partial charge in [0, 0.05) is 23.3 Å². The molecule has 3 N–H and O–H groups in total. The van der Waals surface area contributed by atoms with Gasteiger partial charge in [-0.1, -0.05) is 24.6 Å². The Morgan fingerprint density at radius 3 is 3.00 bits per heavy atom. The highest BCUT2D eigenvalue weighted by atomic mass is 35.5. The summed E-state index contributed by atoms with van der Waals surface area (Å²) in [6.45, 7) is 6.13. The van der Waals surface area contributed by atoms with Gasteiger partial charge in [-0.15, -0.1) is 0 Å². The van der Waals surface area contributed by atoms with Crippen molar-refractivity contribution in [3.05, 3.63) is 28.8 Å². The number of carbonyl (C=O) groups is 1. The van der Waals surface area contributed by atoms with Crippen molar-refractivity contribution in [2.45, 2.75) is 32.7 Å². The average molecular weight is 310 g/mol. The second-order valence-electron chi connectivity index (χ2n) is 6.00. The molecule has 0 spiro atoms. The van der Waals surface area contributed by atoms with Crippen molar-refractivity contribution in [2.75, 3.05) is 25.0 Å². The molecular weight excluding hydrogens is 286 g/mol. The Hall–Kier alpha value is -1.10. The van der Waals surface area contributed by atoms with E-state index >= 15 is 0 Å². The highest BCUT2D eigenvalue weighted by Gasteiger charge is 2.26. The predicted molar refractivity (Wildman–Crippen MR) is 87.6 cm³/mol. The lowest BCUT2D eigenvalue weighted by molar-refractivity contribution is -0.118. The van der Waals surface area contributed by atoms with Crippen LogP contribution in [0.25, 0.3) is 0 Å². The fourth-order valence-corrected chi connectivity index (χ4v) is 3.03. The first-order valence-electron chi connectivity index (χ1n) is 7.49. The van der Waals surface area contributed by atoms with E-state index in [9.17, 15) is 4.79 Å². The summed E-state index contributed by atoms with van der Waals surface area (Å²) in [6.07, 6.45) is 2.19. The summed E-state index contributed by atoms with van der Waals surface area (Å²) in [5.74, 6) is 0.682. The topological polar surface area (TPSA) is 58.4 Å². The van der Waals surface area contributed by atoms with Gasteiger partial charge in [0.25, 0.3) is 0 Å². The van der Waals surface area contributed by atoms with Crippen LogP contribution in [0.4, 0.5) is 5.69 Å². The van der Waals surface area contributed by atoms with Crippen LogP contribution in [0.1, 0.15) is 25.3 Å². The van der Waals surface area contributed by atoms with Crippen LogP contribution in [0, 0.1) is 12.8 Å². The second-order valence-corrected chi connectivity index (χ2v) is 6.43. The van der Waals surface area contributed by atoms with Gasteiger partial charge in [0.15, 0.2) is 0 Å². The van der Waals surface area contributed by atoms with Crippen molar-refractivity contribution in [2.24, 2.45) is 11.7 Å². The number of benzene rings is 1. The Balaban J connectivity index is 1.96. The number of hydrogen-bond acceptors (Lipinski definition) is 3. The number of anilines is 1. The SMILES string of the molecule is Cc1ccc(Cl)cc1NC(=O)CN1CCC(C)CC1CN. The zero-order valence-corrected chi connectivity index (χ0v) is 13.5. The Kier molecular flexibility index (Phi) is 5.62. The second kappa shape index (κ2) is 7.25. The zero-order valence-electron chi connectivity index (χ0n) is 12.7. The average Bonchev–Trinajstić information content (AvgIpc) is 2.44. The first kappa shape index (κ1) is 16.3. The number of aryl methyl sites for hydroxylation is 1. The van der Waals surface area contributed by atoms with Crippen LogP contribution in [0.2, 0.25) is 5.02 Å². The van der Waals surface area contributed by atoms with Gasteiger partial charge >= 0.3 is 0 Å². The minimum atomic E-state index is -0.00614. The normalized spacial score (nSPS) is 23.0. The summed E-state index contributed by atoms with van der Waals surface area (Å²) in [4.78, 5) is 14.4. The molecule has 1 aromatic carbocycles. The van der Waals surface area contributed by atoms with Gasteiger partial charge in [0.2, 0.25) is 5.91 Å². The van der Waals surface area contributed by atoms with Crippen molar-refractivity contribution < 1.29 is 4.79 Å². The molecule has 1 aromatic rings. The Morgan fingerprint density at radius 2 is 2.29 bits per heavy atom. The number of rotatable bonds is 4. The van der Waals surface area contributed by atoms with E-state index in [2.05, 4.69) is 17.1 Å². The lowest BCUT2D eigenvalue weighted by atomic mass is 9.92. The molecule has 1 fully saturated rings. The summed E-state index contributed by atoms with van der Waals surface area (Å²) in [5, 5.41) is 3.58. The van der Waals surface area contributed by atoms with Crippen LogP contribution in [-0.4, -0.2) is 36.5 Å². The molecule has 2 atom stereocenters. The van der Waals surface area contributed by atoms with E-state index in [1.165, 1.54) is 0 Å². The summed E-state index contributed by atoms with van der Waals surface area (Å²) >= 11 is 5.98. The third kappa shape index (κ3) is 4.43. The highest BCUT2D eigenvalue weighted by molar-refractivity contribution is 6.31. The van der Waals surface area contributed by atoms with Crippen molar-refractivity contribution in [3.63, 3.8) is 0 Å². The molecular formula is C16H24ClN3O. The molecule has 0 bridgehead atoms. The third-order valence-electron chi connectivity index (χ3n) is 4.19. The van der Waals surface area contributed by atoms with Gasteiger partial charge < -0.3 is 11.1 Å². The quantitative estimate of drug-likeness (QED) is 0.899. The number of nitrogens with one attached hydrogen (secondary N) is 1. The van der Waals surface area contributed by atoms with E-state index in [0.29, 0.717) is 30.1 Å². The van der Waals surface area contributed by atoms with Crippen molar-refractivity contribution in [1.29, 1.82) is 0 Å². The number of nitrogens with zero attached hydrogens (tertiary/aromatic N) is 1. The Morgan fingerprint density at radius 1 is 1.52 bits per heavy atom. The smallest absolute Gasteiger partial charge is 0.238 e. The Bertz CT molecular complexity index is 506. The molecule has 0 aromatic heterocycles. The summed E-state index contributed by atoms with van der Waals surface area (Å²) in [7, 11) is 0. The predicted octanol–water partition coefficient (Wildman–Crippen LogP) is 2.65. The van der Waals surface area contributed by atoms with Gasteiger partial charge in [-0.25, -0.2) is 0 Å². The van der Waals surface area contributed by atoms with E-state index in [-0.39, 0.29) is 5.91 Å². The van der Waals surface area contributed by atoms with Crippen LogP contribution in [-0.2, 0) is 4.79 Å². The molecule has 1 saturated heterocycles. The maximum atomic E-state index is 12.3. The summed E-state index contributed by atoms with van der Waals surface area (Å²) < 4.78 is 0. The van der Waals surface area contributed by atoms with Gasteiger partial charge in [0.05, 0.1) is 6.54 Å². The summed E-state index contributed by atoms with van der Waals surface area (Å²) in [6, 6.07) is 5.82. The van der Waals surface area contributed by atoms with Gasteiger partial charge in [-0.2, -0.15) is 0 Å². The first-order chi connectivity index (χ1) is 9.99. The fraction of sp³-hybridized carbons (Fsp3) is 0.562. The molecule has 1 amide bonds. The van der Waals surface area contributed by atoms with Crippen LogP contribution in [0.5, 0.6) is 0 Å². The monoisotopic (exact) mass is 309 g/mol. The van der Waals surface area contributed by atoms with E-state index in [0.717, 1.165) is 30.6 Å². The lowest BCUT2D eigenvalue weighted by Gasteiger charge is -2.37. The fourth-order valence-electron chi connectivity index (χ4n) is 2.86. The number of likely N-dealkylation sites (tertiary alicyclic amines) is 1. The van der Waals surface area contributed by atoms with Gasteiger partial charge in [-0.05, 0) is 49.9 Å². The van der Waals surface area contributed by atoms with Crippen LogP contribution < -0.4 is 11.1 Å². The van der Waals surface area contributed by atoms with Crippen molar-refractivity contribution in [3.8, 4) is 0 Å². The van der Waals surface area contributed by atoms with Gasteiger partial charge in [0.1, 0.15) is 0 Å². The van der Waals surface area contributed by atoms with E-state index in [1.807, 2.05) is 19.1 Å². The van der Waals surface area contributed by atoms with E-state index in [1.54, 1.807) is 6.07 Å². The molecule has 1 heterocycles. The molecule has 1 aliphatic rings. The molecule has 0 aliphatic carbocycles. The van der Waals surface area contributed by atoms with Crippen molar-refractivity contribution in [1.82, 2.24) is 4.90 Å². The molecule has 21 heavy (non-hydrogen) atoms. The molecule has 2 rings (SSSR count). The minimum Gasteiger partial charge on any atom is -0.329 e. The van der Waals surface area contributed by atoms with Crippen LogP contribution >= 0.6 is 11.6 Å². The van der Waals surface area contributed by atoms with E-state index in [4.69, 9.17) is 17.3 Å². The third-order valence-corrected chi connectivity index (χ3v) is 4.43. The largest absolute Gasteiger partial charge is 0.329 e. The summed E-state index contributed by atoms with van der Waals surface area (Å²) in [5.41, 5.74) is 7.63. The molecule has 0 saturated carbocycles. The molecule has 0 radical (unpaired) electrons. The standard InChI is InChI=1S/C16H24ClN3O/c1-11-5-6-20(14(7-11)9-18)10-16(21)19-15-8-13(17)4-3-12(15)2/h3-4,8,11,14H,5-7,9-10,18H2,1-2H3,(H,19,21). The maximum absolute atomic E-state index is 12.3. The highest BCUT2D eigenvalue weighted by Crippen LogP contribution is 2.23. The van der Waals surface area contributed by atoms with E-state index < -0.39 is 0 Å². The number of piperidine rings is 1. The number of carbonyl (C=O) groups excluding carboxylic acids is 1. The van der Waals surface area contributed by atoms with Crippen molar-refractivity contribution >= 4 is 23.2 Å². The number of halogens is 1. The van der Waals surface area contributed by atoms with Crippen LogP contribution in [0.3, 0.4) is 0 Å².